The Kier molecular flexibility index (Phi) is 2.10. The van der Waals surface area contributed by atoms with Crippen LogP contribution < -0.4 is 0 Å². The number of rotatable bonds is 2. The van der Waals surface area contributed by atoms with Crippen molar-refractivity contribution < 1.29 is 9.18 Å². The van der Waals surface area contributed by atoms with Gasteiger partial charge in [0.15, 0.2) is 0 Å². The Labute approximate surface area is 83.3 Å². The molecule has 3 heteroatoms. The van der Waals surface area contributed by atoms with Gasteiger partial charge in [-0.1, -0.05) is 0 Å². The number of alkyl halides is 1. The van der Waals surface area contributed by atoms with E-state index in [2.05, 4.69) is 4.85 Å². The minimum atomic E-state index is -0.986. The van der Waals surface area contributed by atoms with Crippen molar-refractivity contribution in [2.75, 3.05) is 6.54 Å². The van der Waals surface area contributed by atoms with Crippen LogP contribution >= 0.6 is 0 Å². The molecule has 76 valence electrons. The second-order valence-electron chi connectivity index (χ2n) is 4.67. The molecule has 0 saturated heterocycles. The van der Waals surface area contributed by atoms with Crippen LogP contribution in [0.25, 0.3) is 4.85 Å². The third-order valence-electron chi connectivity index (χ3n) is 3.97. The molecule has 0 heterocycles. The van der Waals surface area contributed by atoms with Crippen molar-refractivity contribution in [1.29, 1.82) is 0 Å². The third-order valence-corrected chi connectivity index (χ3v) is 3.97. The first-order valence-electron chi connectivity index (χ1n) is 5.16. The Bertz CT molecular complexity index is 280. The Hall–Kier alpha value is -0.910. The topological polar surface area (TPSA) is 21.4 Å². The highest BCUT2D eigenvalue weighted by Crippen LogP contribution is 2.54. The fourth-order valence-electron chi connectivity index (χ4n) is 2.80. The van der Waals surface area contributed by atoms with E-state index in [0.717, 1.165) is 0 Å². The average Bonchev–Trinajstić information content (AvgIpc) is 2.20. The van der Waals surface area contributed by atoms with Crippen molar-refractivity contribution in [3.8, 4) is 0 Å². The smallest absolute Gasteiger partial charge is 0.272 e. The zero-order valence-electron chi connectivity index (χ0n) is 8.18. The molecule has 3 fully saturated rings. The molecule has 0 unspecified atom stereocenters. The summed E-state index contributed by atoms with van der Waals surface area (Å²) in [6, 6.07) is 0. The molecule has 0 radical (unpaired) electrons. The number of halogens is 1. The zero-order valence-corrected chi connectivity index (χ0v) is 8.18. The fraction of sp³-hybridized carbons (Fsp3) is 0.818. The number of ketones is 1. The Morgan fingerprint density at radius 1 is 1.21 bits per heavy atom. The van der Waals surface area contributed by atoms with E-state index >= 15 is 0 Å². The van der Waals surface area contributed by atoms with Gasteiger partial charge in [-0.15, -0.1) is 0 Å². The van der Waals surface area contributed by atoms with Gasteiger partial charge in [-0.25, -0.2) is 11.0 Å². The van der Waals surface area contributed by atoms with Crippen LogP contribution in [-0.2, 0) is 4.79 Å². The summed E-state index contributed by atoms with van der Waals surface area (Å²) in [4.78, 5) is 14.9. The van der Waals surface area contributed by atoms with E-state index in [1.807, 2.05) is 0 Å². The quantitative estimate of drug-likeness (QED) is 0.620. The van der Waals surface area contributed by atoms with Crippen LogP contribution in [0.3, 0.4) is 0 Å². The molecular weight excluding hydrogens is 181 g/mol. The van der Waals surface area contributed by atoms with Gasteiger partial charge in [0.1, 0.15) is 5.67 Å². The van der Waals surface area contributed by atoms with Crippen molar-refractivity contribution in [2.45, 2.75) is 44.2 Å². The molecule has 3 aliphatic carbocycles. The lowest BCUT2D eigenvalue weighted by molar-refractivity contribution is -0.136. The van der Waals surface area contributed by atoms with E-state index in [-0.39, 0.29) is 17.7 Å². The number of carbonyl (C=O) groups excluding carboxylic acids is 1. The van der Waals surface area contributed by atoms with E-state index in [1.165, 1.54) is 0 Å². The molecule has 3 saturated carbocycles. The van der Waals surface area contributed by atoms with Crippen molar-refractivity contribution in [3.63, 3.8) is 0 Å². The zero-order chi connectivity index (χ0) is 10.2. The second-order valence-corrected chi connectivity index (χ2v) is 4.67. The van der Waals surface area contributed by atoms with Gasteiger partial charge in [0.05, 0.1) is 0 Å². The van der Waals surface area contributed by atoms with E-state index in [4.69, 9.17) is 6.57 Å². The molecule has 0 aliphatic heterocycles. The third kappa shape index (κ3) is 1.33. The summed E-state index contributed by atoms with van der Waals surface area (Å²) in [7, 11) is 0. The molecule has 0 amide bonds. The molecule has 0 spiro atoms. The molecule has 0 aromatic heterocycles. The van der Waals surface area contributed by atoms with Crippen LogP contribution in [0.4, 0.5) is 4.39 Å². The molecule has 3 aliphatic rings. The van der Waals surface area contributed by atoms with Crippen LogP contribution in [0.15, 0.2) is 0 Å². The SMILES string of the molecule is [C-]#[N+]CC(=O)C12CCC(F)(CC1)CC2. The number of carbonyl (C=O) groups is 1. The first kappa shape index (κ1) is 9.64. The summed E-state index contributed by atoms with van der Waals surface area (Å²) in [6.45, 7) is 6.68. The number of hydrogen-bond donors (Lipinski definition) is 0. The van der Waals surface area contributed by atoms with Gasteiger partial charge < -0.3 is 4.85 Å². The molecule has 2 nitrogen and oxygen atoms in total. The van der Waals surface area contributed by atoms with Crippen LogP contribution in [0, 0.1) is 12.0 Å². The van der Waals surface area contributed by atoms with E-state index in [1.54, 1.807) is 0 Å². The first-order valence-corrected chi connectivity index (χ1v) is 5.16. The summed E-state index contributed by atoms with van der Waals surface area (Å²) < 4.78 is 13.8. The Morgan fingerprint density at radius 3 is 2.14 bits per heavy atom. The maximum atomic E-state index is 13.8. The van der Waals surface area contributed by atoms with Gasteiger partial charge in [-0.05, 0) is 38.5 Å². The minimum absolute atomic E-state index is 0.0146. The van der Waals surface area contributed by atoms with E-state index in [0.29, 0.717) is 38.5 Å². The maximum Gasteiger partial charge on any atom is 0.272 e. The molecular formula is C11H14FNO. The van der Waals surface area contributed by atoms with Gasteiger partial charge >= 0.3 is 0 Å². The summed E-state index contributed by atoms with van der Waals surface area (Å²) in [5, 5.41) is 0. The fourth-order valence-corrected chi connectivity index (χ4v) is 2.80. The molecule has 0 aromatic rings. The monoisotopic (exact) mass is 195 g/mol. The number of fused-ring (bicyclic) bond motifs is 3. The number of hydrogen-bond acceptors (Lipinski definition) is 1. The van der Waals surface area contributed by atoms with Gasteiger partial charge in [0, 0.05) is 5.41 Å². The Morgan fingerprint density at radius 2 is 1.71 bits per heavy atom. The highest BCUT2D eigenvalue weighted by Gasteiger charge is 2.53. The average molecular weight is 195 g/mol. The second kappa shape index (κ2) is 3.05. The highest BCUT2D eigenvalue weighted by molar-refractivity contribution is 5.88. The van der Waals surface area contributed by atoms with E-state index in [9.17, 15) is 9.18 Å². The highest BCUT2D eigenvalue weighted by atomic mass is 19.1. The predicted molar refractivity (Wildman–Crippen MR) is 50.5 cm³/mol. The lowest BCUT2D eigenvalue weighted by atomic mass is 9.58. The Balaban J connectivity index is 2.13. The van der Waals surface area contributed by atoms with Crippen molar-refractivity contribution in [1.82, 2.24) is 0 Å². The van der Waals surface area contributed by atoms with Crippen LogP contribution in [0.2, 0.25) is 0 Å². The van der Waals surface area contributed by atoms with Crippen LogP contribution in [0.1, 0.15) is 38.5 Å². The van der Waals surface area contributed by atoms with Gasteiger partial charge in [0.25, 0.3) is 6.54 Å². The van der Waals surface area contributed by atoms with E-state index < -0.39 is 5.67 Å². The maximum absolute atomic E-state index is 13.8. The molecule has 14 heavy (non-hydrogen) atoms. The predicted octanol–water partition coefficient (Wildman–Crippen LogP) is 2.54. The van der Waals surface area contributed by atoms with Gasteiger partial charge in [-0.3, -0.25) is 4.79 Å². The minimum Gasteiger partial charge on any atom is -0.308 e. The van der Waals surface area contributed by atoms with Gasteiger partial charge in [-0.2, -0.15) is 0 Å². The lowest BCUT2D eigenvalue weighted by Gasteiger charge is -2.47. The van der Waals surface area contributed by atoms with Gasteiger partial charge in [0.2, 0.25) is 5.78 Å². The van der Waals surface area contributed by atoms with Crippen molar-refractivity contribution in [2.24, 2.45) is 5.41 Å². The van der Waals surface area contributed by atoms with Crippen molar-refractivity contribution >= 4 is 5.78 Å². The summed E-state index contributed by atoms with van der Waals surface area (Å²) in [5.74, 6) is 0.0502. The molecule has 2 bridgehead atoms. The summed E-state index contributed by atoms with van der Waals surface area (Å²) >= 11 is 0. The number of Topliss-reactive ketones (excluding diaryl/α,β-unsaturated/α-hetero) is 1. The molecule has 0 N–H and O–H groups in total. The van der Waals surface area contributed by atoms with Crippen molar-refractivity contribution in [3.05, 3.63) is 11.4 Å². The number of nitrogens with zero attached hydrogens (tertiary/aromatic N) is 1. The summed E-state index contributed by atoms with van der Waals surface area (Å²) in [5.41, 5.74) is -1.31. The summed E-state index contributed by atoms with van der Waals surface area (Å²) in [6.07, 6.45) is 3.57. The largest absolute Gasteiger partial charge is 0.308 e. The molecule has 0 aromatic carbocycles. The van der Waals surface area contributed by atoms with Crippen LogP contribution in [-0.4, -0.2) is 18.0 Å². The molecule has 0 atom stereocenters. The standard InChI is InChI=1S/C11H14FNO/c1-13-8-9(14)10-2-5-11(12,6-3-10)7-4-10/h2-8H2. The van der Waals surface area contributed by atoms with Crippen LogP contribution in [0.5, 0.6) is 0 Å². The lowest BCUT2D eigenvalue weighted by Crippen LogP contribution is -2.47. The normalized spacial score (nSPS) is 40.6. The first-order chi connectivity index (χ1) is 6.60. The molecule has 3 rings (SSSR count).